The number of nitrogens with two attached hydrogens (primary N) is 1. The molecule has 1 amide bonds. The smallest absolute Gasteiger partial charge is 0.284 e. The molecule has 3 nitrogen and oxygen atoms in total. The minimum absolute atomic E-state index is 0.0110. The van der Waals surface area contributed by atoms with Gasteiger partial charge >= 0.3 is 0 Å². The first-order chi connectivity index (χ1) is 6.16. The molecule has 0 atom stereocenters. The normalized spacial score (nSPS) is 10.5. The van der Waals surface area contributed by atoms with Gasteiger partial charge in [0.05, 0.1) is 0 Å². The fourth-order valence-electron chi connectivity index (χ4n) is 1.06. The van der Waals surface area contributed by atoms with Crippen molar-refractivity contribution in [1.82, 2.24) is 0 Å². The molecule has 13 heavy (non-hydrogen) atoms. The maximum Gasteiger partial charge on any atom is 0.284 e. The van der Waals surface area contributed by atoms with Gasteiger partial charge in [-0.15, -0.1) is 0 Å². The molecule has 0 aliphatic carbocycles. The lowest BCUT2D eigenvalue weighted by atomic mass is 10.2. The molecule has 65 valence electrons. The van der Waals surface area contributed by atoms with E-state index in [0.717, 1.165) is 0 Å². The maximum atomic E-state index is 12.6. The maximum absolute atomic E-state index is 12.6. The van der Waals surface area contributed by atoms with Crippen molar-refractivity contribution >= 4 is 16.9 Å². The minimum atomic E-state index is -0.676. The molecule has 4 heteroatoms. The summed E-state index contributed by atoms with van der Waals surface area (Å²) in [4.78, 5) is 10.7. The Bertz CT molecular complexity index is 475. The molecule has 1 radical (unpaired) electrons. The van der Waals surface area contributed by atoms with Crippen molar-refractivity contribution in [3.63, 3.8) is 0 Å². The summed E-state index contributed by atoms with van der Waals surface area (Å²) >= 11 is 0. The van der Waals surface area contributed by atoms with Gasteiger partial charge in [-0.05, 0) is 18.2 Å². The van der Waals surface area contributed by atoms with Crippen molar-refractivity contribution in [2.24, 2.45) is 5.73 Å². The van der Waals surface area contributed by atoms with Crippen molar-refractivity contribution in [2.75, 3.05) is 0 Å². The van der Waals surface area contributed by atoms with E-state index in [0.29, 0.717) is 5.39 Å². The molecule has 0 spiro atoms. The van der Waals surface area contributed by atoms with Gasteiger partial charge in [-0.3, -0.25) is 4.79 Å². The Morgan fingerprint density at radius 3 is 3.00 bits per heavy atom. The second-order valence-corrected chi connectivity index (χ2v) is 2.57. The van der Waals surface area contributed by atoms with Crippen LogP contribution in [0.25, 0.3) is 11.0 Å². The lowest BCUT2D eigenvalue weighted by Crippen LogP contribution is -2.08. The van der Waals surface area contributed by atoms with Gasteiger partial charge in [-0.2, -0.15) is 0 Å². The number of benzene rings is 1. The van der Waals surface area contributed by atoms with Gasteiger partial charge in [0.1, 0.15) is 11.4 Å². The standard InChI is InChI=1S/C9H5FNO2/c10-6-2-1-5-3-8(9(11)12)13-7(5)4-6/h2-4H,(H2,11,12). The SMILES string of the molecule is NC(=O)c1cc2[c]cc(F)cc2o1. The molecule has 2 rings (SSSR count). The van der Waals surface area contributed by atoms with Gasteiger partial charge in [0, 0.05) is 11.5 Å². The predicted molar refractivity (Wildman–Crippen MR) is 43.5 cm³/mol. The molecule has 0 aliphatic heterocycles. The van der Waals surface area contributed by atoms with Crippen molar-refractivity contribution in [3.8, 4) is 0 Å². The highest BCUT2D eigenvalue weighted by molar-refractivity contribution is 5.94. The molecule has 0 saturated carbocycles. The van der Waals surface area contributed by atoms with E-state index in [1.165, 1.54) is 18.2 Å². The van der Waals surface area contributed by atoms with Gasteiger partial charge in [0.2, 0.25) is 0 Å². The van der Waals surface area contributed by atoms with E-state index in [1.54, 1.807) is 0 Å². The predicted octanol–water partition coefficient (Wildman–Crippen LogP) is 1.47. The highest BCUT2D eigenvalue weighted by atomic mass is 19.1. The molecule has 2 aromatic rings. The monoisotopic (exact) mass is 178 g/mol. The molecule has 1 aromatic heterocycles. The Morgan fingerprint density at radius 2 is 2.31 bits per heavy atom. The molecule has 2 N–H and O–H groups in total. The van der Waals surface area contributed by atoms with E-state index in [9.17, 15) is 9.18 Å². The summed E-state index contributed by atoms with van der Waals surface area (Å²) < 4.78 is 17.6. The van der Waals surface area contributed by atoms with Gasteiger partial charge in [-0.1, -0.05) is 0 Å². The topological polar surface area (TPSA) is 56.2 Å². The van der Waals surface area contributed by atoms with Crippen LogP contribution in [0.1, 0.15) is 10.6 Å². The molecule has 0 aliphatic rings. The third-order valence-electron chi connectivity index (χ3n) is 1.64. The Morgan fingerprint density at radius 1 is 1.54 bits per heavy atom. The number of hydrogen-bond donors (Lipinski definition) is 1. The van der Waals surface area contributed by atoms with E-state index in [2.05, 4.69) is 6.07 Å². The Balaban J connectivity index is 2.68. The van der Waals surface area contributed by atoms with Crippen LogP contribution >= 0.6 is 0 Å². The highest BCUT2D eigenvalue weighted by Crippen LogP contribution is 2.19. The largest absolute Gasteiger partial charge is 0.451 e. The molecule has 0 fully saturated rings. The summed E-state index contributed by atoms with van der Waals surface area (Å²) in [6, 6.07) is 6.39. The quantitative estimate of drug-likeness (QED) is 0.718. The van der Waals surface area contributed by atoms with Crippen LogP contribution in [0, 0.1) is 11.9 Å². The van der Waals surface area contributed by atoms with Crippen molar-refractivity contribution in [2.45, 2.75) is 0 Å². The third-order valence-corrected chi connectivity index (χ3v) is 1.64. The fraction of sp³-hybridized carbons (Fsp3) is 0. The van der Waals surface area contributed by atoms with Crippen LogP contribution < -0.4 is 5.73 Å². The second kappa shape index (κ2) is 2.58. The number of carbonyl (C=O) groups is 1. The van der Waals surface area contributed by atoms with Gasteiger partial charge in [-0.25, -0.2) is 4.39 Å². The lowest BCUT2D eigenvalue weighted by Gasteiger charge is -1.86. The van der Waals surface area contributed by atoms with Gasteiger partial charge in [0.25, 0.3) is 5.91 Å². The number of rotatable bonds is 1. The van der Waals surface area contributed by atoms with Gasteiger partial charge < -0.3 is 10.2 Å². The summed E-state index contributed by atoms with van der Waals surface area (Å²) in [5, 5.41) is 0.537. The van der Waals surface area contributed by atoms with E-state index in [-0.39, 0.29) is 11.3 Å². The average molecular weight is 178 g/mol. The van der Waals surface area contributed by atoms with E-state index in [1.807, 2.05) is 0 Å². The summed E-state index contributed by atoms with van der Waals surface area (Å²) in [6.07, 6.45) is 0. The van der Waals surface area contributed by atoms with Crippen molar-refractivity contribution < 1.29 is 13.6 Å². The summed E-state index contributed by atoms with van der Waals surface area (Å²) in [7, 11) is 0. The zero-order valence-electron chi connectivity index (χ0n) is 6.50. The Kier molecular flexibility index (Phi) is 1.55. The van der Waals surface area contributed by atoms with Crippen LogP contribution in [-0.4, -0.2) is 5.91 Å². The fourth-order valence-corrected chi connectivity index (χ4v) is 1.06. The van der Waals surface area contributed by atoms with E-state index >= 15 is 0 Å². The van der Waals surface area contributed by atoms with E-state index in [4.69, 9.17) is 10.2 Å². The molecule has 0 bridgehead atoms. The number of hydrogen-bond acceptors (Lipinski definition) is 2. The van der Waals surface area contributed by atoms with Crippen LogP contribution in [-0.2, 0) is 0 Å². The molecular weight excluding hydrogens is 173 g/mol. The summed E-state index contributed by atoms with van der Waals surface area (Å²) in [5.74, 6) is -1.13. The van der Waals surface area contributed by atoms with Gasteiger partial charge in [0.15, 0.2) is 5.76 Å². The van der Waals surface area contributed by atoms with E-state index < -0.39 is 11.7 Å². The summed E-state index contributed by atoms with van der Waals surface area (Å²) in [6.45, 7) is 0. The van der Waals surface area contributed by atoms with Crippen molar-refractivity contribution in [1.29, 1.82) is 0 Å². The first-order valence-corrected chi connectivity index (χ1v) is 3.57. The Hall–Kier alpha value is -1.84. The van der Waals surface area contributed by atoms with Crippen molar-refractivity contribution in [3.05, 3.63) is 35.8 Å². The first kappa shape index (κ1) is 7.79. The lowest BCUT2D eigenvalue weighted by molar-refractivity contribution is 0.0976. The zero-order chi connectivity index (χ0) is 9.42. The summed E-state index contributed by atoms with van der Waals surface area (Å²) in [5.41, 5.74) is 5.25. The molecule has 0 saturated heterocycles. The van der Waals surface area contributed by atoms with Crippen LogP contribution in [0.3, 0.4) is 0 Å². The van der Waals surface area contributed by atoms with Crippen LogP contribution in [0.15, 0.2) is 22.6 Å². The molecule has 1 heterocycles. The Labute approximate surface area is 72.9 Å². The number of carbonyl (C=O) groups excluding carboxylic acids is 1. The van der Waals surface area contributed by atoms with Crippen LogP contribution in [0.2, 0.25) is 0 Å². The zero-order valence-corrected chi connectivity index (χ0v) is 6.50. The first-order valence-electron chi connectivity index (χ1n) is 3.57. The number of halogens is 1. The second-order valence-electron chi connectivity index (χ2n) is 2.57. The number of furan rings is 1. The minimum Gasteiger partial charge on any atom is -0.451 e. The average Bonchev–Trinajstić information content (AvgIpc) is 2.46. The molecular formula is C9H5FNO2. The molecule has 0 unspecified atom stereocenters. The molecule has 1 aromatic carbocycles. The highest BCUT2D eigenvalue weighted by Gasteiger charge is 2.08. The third kappa shape index (κ3) is 1.26. The van der Waals surface area contributed by atoms with Crippen LogP contribution in [0.4, 0.5) is 4.39 Å². The van der Waals surface area contributed by atoms with Crippen LogP contribution in [0.5, 0.6) is 0 Å². The number of primary amides is 1. The number of fused-ring (bicyclic) bond motifs is 1. The number of amides is 1.